The first kappa shape index (κ1) is 16.4. The zero-order valence-electron chi connectivity index (χ0n) is 14.7. The van der Waals surface area contributed by atoms with Gasteiger partial charge < -0.3 is 9.88 Å². The van der Waals surface area contributed by atoms with E-state index in [0.29, 0.717) is 11.6 Å². The Kier molecular flexibility index (Phi) is 4.47. The highest BCUT2D eigenvalue weighted by atomic mass is 16.2. The fourth-order valence-corrected chi connectivity index (χ4v) is 3.45. The van der Waals surface area contributed by atoms with E-state index < -0.39 is 0 Å². The molecule has 1 atom stereocenters. The summed E-state index contributed by atoms with van der Waals surface area (Å²) in [6, 6.07) is 3.74. The normalized spacial score (nSPS) is 17.4. The second-order valence-corrected chi connectivity index (χ2v) is 6.67. The van der Waals surface area contributed by atoms with Crippen molar-refractivity contribution in [2.45, 2.75) is 19.3 Å². The predicted octanol–water partition coefficient (Wildman–Crippen LogP) is 1.70. The Morgan fingerprint density at radius 2 is 2.27 bits per heavy atom. The largest absolute Gasteiger partial charge is 0.343 e. The molecule has 1 aliphatic rings. The maximum absolute atomic E-state index is 12.6. The molecule has 0 unspecified atom stereocenters. The van der Waals surface area contributed by atoms with E-state index in [4.69, 9.17) is 0 Å². The topological polar surface area (TPSA) is 92.6 Å². The summed E-state index contributed by atoms with van der Waals surface area (Å²) in [4.78, 5) is 30.5. The zero-order chi connectivity index (χ0) is 17.9. The fraction of sp³-hybridized carbons (Fsp3) is 0.389. The molecule has 0 aromatic carbocycles. The van der Waals surface area contributed by atoms with Crippen LogP contribution < -0.4 is 0 Å². The summed E-state index contributed by atoms with van der Waals surface area (Å²) in [5.74, 6) is 1.13. The smallest absolute Gasteiger partial charge is 0.274 e. The van der Waals surface area contributed by atoms with Gasteiger partial charge in [-0.3, -0.25) is 9.48 Å². The molecule has 1 saturated heterocycles. The number of amides is 1. The average molecular weight is 351 g/mol. The van der Waals surface area contributed by atoms with E-state index in [1.54, 1.807) is 35.7 Å². The number of imidazole rings is 1. The third kappa shape index (κ3) is 3.49. The predicted molar refractivity (Wildman–Crippen MR) is 95.2 cm³/mol. The molecule has 0 radical (unpaired) electrons. The summed E-state index contributed by atoms with van der Waals surface area (Å²) in [5.41, 5.74) is 2.27. The first-order valence-electron chi connectivity index (χ1n) is 8.78. The highest BCUT2D eigenvalue weighted by Gasteiger charge is 2.26. The lowest BCUT2D eigenvalue weighted by Gasteiger charge is -2.32. The van der Waals surface area contributed by atoms with E-state index >= 15 is 0 Å². The maximum atomic E-state index is 12.6. The Bertz CT molecular complexity index is 887. The molecule has 4 rings (SSSR count). The van der Waals surface area contributed by atoms with Crippen molar-refractivity contribution in [1.29, 1.82) is 0 Å². The number of aromatic nitrogens is 6. The summed E-state index contributed by atoms with van der Waals surface area (Å²) in [7, 11) is 1.82. The third-order valence-corrected chi connectivity index (χ3v) is 4.70. The van der Waals surface area contributed by atoms with Gasteiger partial charge in [-0.1, -0.05) is 0 Å². The summed E-state index contributed by atoms with van der Waals surface area (Å²) < 4.78 is 1.66. The Morgan fingerprint density at radius 1 is 1.35 bits per heavy atom. The summed E-state index contributed by atoms with van der Waals surface area (Å²) in [6.45, 7) is 1.52. The Hall–Kier alpha value is -3.03. The van der Waals surface area contributed by atoms with Crippen molar-refractivity contribution in [2.75, 3.05) is 13.1 Å². The molecular weight excluding hydrogens is 330 g/mol. The number of carbonyl (C=O) groups excluding carboxylic acids is 1. The number of hydrogen-bond donors (Lipinski definition) is 1. The number of carbonyl (C=O) groups is 1. The molecule has 0 saturated carbocycles. The van der Waals surface area contributed by atoms with Gasteiger partial charge in [0, 0.05) is 44.4 Å². The van der Waals surface area contributed by atoms with Gasteiger partial charge in [-0.2, -0.15) is 5.10 Å². The first-order chi connectivity index (χ1) is 12.7. The van der Waals surface area contributed by atoms with Gasteiger partial charge in [-0.25, -0.2) is 15.0 Å². The second-order valence-electron chi connectivity index (χ2n) is 6.67. The molecule has 1 fully saturated rings. The second kappa shape index (κ2) is 7.07. The summed E-state index contributed by atoms with van der Waals surface area (Å²) in [6.07, 6.45) is 9.77. The maximum Gasteiger partial charge on any atom is 0.274 e. The van der Waals surface area contributed by atoms with Crippen LogP contribution in [0.1, 0.15) is 29.0 Å². The monoisotopic (exact) mass is 351 g/mol. The number of likely N-dealkylation sites (tertiary alicyclic amines) is 1. The van der Waals surface area contributed by atoms with Crippen molar-refractivity contribution in [2.24, 2.45) is 13.0 Å². The van der Waals surface area contributed by atoms with Gasteiger partial charge in [0.05, 0.1) is 0 Å². The quantitative estimate of drug-likeness (QED) is 0.772. The Morgan fingerprint density at radius 3 is 3.04 bits per heavy atom. The van der Waals surface area contributed by atoms with Crippen LogP contribution in [0.5, 0.6) is 0 Å². The molecule has 0 aliphatic carbocycles. The standard InChI is InChI=1S/C18H21N7O/c1-24-8-4-15(23-24)18(26)25-7-2-3-13(11-25)9-14-10-16(22-12-21-14)17-19-5-6-20-17/h4-6,8,10,12-13H,2-3,7,9,11H2,1H3,(H,19,20)/t13-/m1/s1. The lowest BCUT2D eigenvalue weighted by molar-refractivity contribution is 0.0666. The lowest BCUT2D eigenvalue weighted by Crippen LogP contribution is -2.40. The molecule has 0 spiro atoms. The first-order valence-corrected chi connectivity index (χ1v) is 8.78. The zero-order valence-corrected chi connectivity index (χ0v) is 14.7. The van der Waals surface area contributed by atoms with Crippen LogP contribution in [0.25, 0.3) is 11.5 Å². The van der Waals surface area contributed by atoms with Gasteiger partial charge in [0.15, 0.2) is 5.82 Å². The van der Waals surface area contributed by atoms with Crippen molar-refractivity contribution >= 4 is 5.91 Å². The molecule has 4 heterocycles. The summed E-state index contributed by atoms with van der Waals surface area (Å²) in [5, 5.41) is 4.23. The van der Waals surface area contributed by atoms with Crippen molar-refractivity contribution in [3.8, 4) is 11.5 Å². The number of nitrogens with zero attached hydrogens (tertiary/aromatic N) is 6. The van der Waals surface area contributed by atoms with Crippen LogP contribution >= 0.6 is 0 Å². The van der Waals surface area contributed by atoms with Crippen LogP contribution in [0.15, 0.2) is 37.1 Å². The van der Waals surface area contributed by atoms with Crippen LogP contribution in [-0.2, 0) is 13.5 Å². The summed E-state index contributed by atoms with van der Waals surface area (Å²) >= 11 is 0. The molecule has 1 amide bonds. The van der Waals surface area contributed by atoms with E-state index in [2.05, 4.69) is 25.0 Å². The van der Waals surface area contributed by atoms with E-state index in [9.17, 15) is 4.79 Å². The molecule has 3 aromatic rings. The number of hydrogen-bond acceptors (Lipinski definition) is 5. The van der Waals surface area contributed by atoms with Crippen molar-refractivity contribution < 1.29 is 4.79 Å². The number of H-pyrrole nitrogens is 1. The molecule has 134 valence electrons. The Balaban J connectivity index is 1.44. The van der Waals surface area contributed by atoms with E-state index in [1.165, 1.54) is 0 Å². The van der Waals surface area contributed by atoms with Crippen LogP contribution in [0, 0.1) is 5.92 Å². The molecule has 3 aromatic heterocycles. The highest BCUT2D eigenvalue weighted by molar-refractivity contribution is 5.92. The number of rotatable bonds is 4. The third-order valence-electron chi connectivity index (χ3n) is 4.70. The van der Waals surface area contributed by atoms with E-state index in [-0.39, 0.29) is 5.91 Å². The van der Waals surface area contributed by atoms with Crippen LogP contribution in [0.3, 0.4) is 0 Å². The lowest BCUT2D eigenvalue weighted by atomic mass is 9.93. The van der Waals surface area contributed by atoms with Gasteiger partial charge in [-0.05, 0) is 37.3 Å². The van der Waals surface area contributed by atoms with Crippen LogP contribution in [0.2, 0.25) is 0 Å². The number of aromatic amines is 1. The highest BCUT2D eigenvalue weighted by Crippen LogP contribution is 2.22. The van der Waals surface area contributed by atoms with Gasteiger partial charge in [-0.15, -0.1) is 0 Å². The number of aryl methyl sites for hydroxylation is 1. The molecule has 8 nitrogen and oxygen atoms in total. The number of nitrogens with one attached hydrogen (secondary N) is 1. The van der Waals surface area contributed by atoms with E-state index in [1.807, 2.05) is 18.0 Å². The van der Waals surface area contributed by atoms with Crippen molar-refractivity contribution in [3.05, 3.63) is 48.4 Å². The molecular formula is C18H21N7O. The van der Waals surface area contributed by atoms with Crippen molar-refractivity contribution in [3.63, 3.8) is 0 Å². The minimum atomic E-state index is 0.00858. The molecule has 26 heavy (non-hydrogen) atoms. The molecule has 0 bridgehead atoms. The Labute approximate surface area is 151 Å². The van der Waals surface area contributed by atoms with Crippen LogP contribution in [-0.4, -0.2) is 53.6 Å². The van der Waals surface area contributed by atoms with E-state index in [0.717, 1.165) is 49.6 Å². The number of piperidine rings is 1. The van der Waals surface area contributed by atoms with Crippen LogP contribution in [0.4, 0.5) is 0 Å². The van der Waals surface area contributed by atoms with Gasteiger partial charge in [0.2, 0.25) is 0 Å². The molecule has 1 aliphatic heterocycles. The fourth-order valence-electron chi connectivity index (χ4n) is 3.45. The minimum Gasteiger partial charge on any atom is -0.343 e. The van der Waals surface area contributed by atoms with Gasteiger partial charge >= 0.3 is 0 Å². The minimum absolute atomic E-state index is 0.00858. The average Bonchev–Trinajstić information content (AvgIpc) is 3.33. The SMILES string of the molecule is Cn1ccc(C(=O)N2CCC[C@H](Cc3cc(-c4ncc[nH]4)ncn3)C2)n1. The molecule has 1 N–H and O–H groups in total. The van der Waals surface area contributed by atoms with Gasteiger partial charge in [0.1, 0.15) is 17.7 Å². The molecule has 8 heteroatoms. The van der Waals surface area contributed by atoms with Gasteiger partial charge in [0.25, 0.3) is 5.91 Å². The van der Waals surface area contributed by atoms with Crippen molar-refractivity contribution in [1.82, 2.24) is 34.6 Å².